The average molecular weight is 414 g/mol. The van der Waals surface area contributed by atoms with Crippen LogP contribution < -0.4 is 4.72 Å². The largest absolute Gasteiger partial charge is 0.465 e. The van der Waals surface area contributed by atoms with Gasteiger partial charge in [0.2, 0.25) is 10.0 Å². The average Bonchev–Trinajstić information content (AvgIpc) is 2.62. The minimum atomic E-state index is -3.42. The van der Waals surface area contributed by atoms with Crippen molar-refractivity contribution in [2.75, 3.05) is 19.4 Å². The molecule has 26 heavy (non-hydrogen) atoms. The first-order valence-corrected chi connectivity index (χ1v) is 11.0. The van der Waals surface area contributed by atoms with Gasteiger partial charge < -0.3 is 4.74 Å². The number of rotatable bonds is 9. The summed E-state index contributed by atoms with van der Waals surface area (Å²) in [4.78, 5) is 11.4. The molecule has 0 bridgehead atoms. The SMILES string of the molecule is COC(=O)c1ccc(CS(=O)(=O)NCCSCc2ccc(Cl)cc2)cc1. The van der Waals surface area contributed by atoms with Crippen molar-refractivity contribution in [3.8, 4) is 0 Å². The number of nitrogens with one attached hydrogen (secondary N) is 1. The Balaban J connectivity index is 1.74. The molecule has 0 aliphatic rings. The van der Waals surface area contributed by atoms with Gasteiger partial charge in [-0.1, -0.05) is 35.9 Å². The van der Waals surface area contributed by atoms with Crippen molar-refractivity contribution in [2.45, 2.75) is 11.5 Å². The van der Waals surface area contributed by atoms with E-state index in [-0.39, 0.29) is 5.75 Å². The van der Waals surface area contributed by atoms with Gasteiger partial charge in [0.25, 0.3) is 0 Å². The van der Waals surface area contributed by atoms with Crippen molar-refractivity contribution in [1.29, 1.82) is 0 Å². The quantitative estimate of drug-likeness (QED) is 0.503. The first kappa shape index (κ1) is 20.8. The number of sulfonamides is 1. The number of benzene rings is 2. The molecule has 5 nitrogen and oxygen atoms in total. The summed E-state index contributed by atoms with van der Waals surface area (Å²) in [6.45, 7) is 0.362. The molecular weight excluding hydrogens is 394 g/mol. The lowest BCUT2D eigenvalue weighted by Crippen LogP contribution is -2.27. The number of thioether (sulfide) groups is 1. The van der Waals surface area contributed by atoms with Crippen LogP contribution in [0.2, 0.25) is 5.02 Å². The highest BCUT2D eigenvalue weighted by molar-refractivity contribution is 7.98. The van der Waals surface area contributed by atoms with E-state index in [0.29, 0.717) is 28.4 Å². The van der Waals surface area contributed by atoms with E-state index in [4.69, 9.17) is 11.6 Å². The fraction of sp³-hybridized carbons (Fsp3) is 0.278. The predicted molar refractivity (Wildman–Crippen MR) is 106 cm³/mol. The van der Waals surface area contributed by atoms with Crippen molar-refractivity contribution in [3.63, 3.8) is 0 Å². The second-order valence-electron chi connectivity index (χ2n) is 5.52. The van der Waals surface area contributed by atoms with Gasteiger partial charge in [-0.25, -0.2) is 17.9 Å². The molecule has 0 atom stereocenters. The van der Waals surface area contributed by atoms with E-state index in [1.54, 1.807) is 36.0 Å². The molecule has 140 valence electrons. The number of halogens is 1. The molecule has 0 heterocycles. The van der Waals surface area contributed by atoms with Crippen molar-refractivity contribution in [2.24, 2.45) is 0 Å². The minimum Gasteiger partial charge on any atom is -0.465 e. The summed E-state index contributed by atoms with van der Waals surface area (Å²) in [7, 11) is -2.12. The molecule has 0 aliphatic heterocycles. The number of methoxy groups -OCH3 is 1. The Bertz CT molecular complexity index is 821. The second-order valence-corrected chi connectivity index (χ2v) is 8.87. The number of esters is 1. The van der Waals surface area contributed by atoms with Crippen LogP contribution in [0.3, 0.4) is 0 Å². The molecule has 2 aromatic rings. The zero-order chi connectivity index (χ0) is 19.0. The Labute approximate surface area is 163 Å². The second kappa shape index (κ2) is 9.97. The van der Waals surface area contributed by atoms with Crippen LogP contribution in [0.15, 0.2) is 48.5 Å². The molecule has 8 heteroatoms. The van der Waals surface area contributed by atoms with Crippen LogP contribution in [-0.2, 0) is 26.3 Å². The molecule has 0 fully saturated rings. The molecule has 0 radical (unpaired) electrons. The highest BCUT2D eigenvalue weighted by Crippen LogP contribution is 2.15. The molecule has 0 amide bonds. The van der Waals surface area contributed by atoms with Gasteiger partial charge in [0.15, 0.2) is 0 Å². The summed E-state index contributed by atoms with van der Waals surface area (Å²) in [5, 5.41) is 0.700. The maximum atomic E-state index is 12.1. The summed E-state index contributed by atoms with van der Waals surface area (Å²) in [6, 6.07) is 13.9. The molecule has 2 aromatic carbocycles. The molecule has 2 rings (SSSR count). The molecular formula is C18H20ClNO4S2. The van der Waals surface area contributed by atoms with Crippen molar-refractivity contribution < 1.29 is 17.9 Å². The van der Waals surface area contributed by atoms with Gasteiger partial charge >= 0.3 is 5.97 Å². The molecule has 0 saturated carbocycles. The van der Waals surface area contributed by atoms with Crippen molar-refractivity contribution in [1.82, 2.24) is 4.72 Å². The van der Waals surface area contributed by atoms with E-state index in [0.717, 1.165) is 11.3 Å². The zero-order valence-corrected chi connectivity index (χ0v) is 16.7. The van der Waals surface area contributed by atoms with Crippen LogP contribution in [0, 0.1) is 0 Å². The number of carbonyl (C=O) groups excluding carboxylic acids is 1. The Kier molecular flexibility index (Phi) is 7.96. The third-order valence-corrected chi connectivity index (χ3v) is 6.12. The minimum absolute atomic E-state index is 0.129. The van der Waals surface area contributed by atoms with Gasteiger partial charge in [-0.3, -0.25) is 0 Å². The van der Waals surface area contributed by atoms with Gasteiger partial charge in [0, 0.05) is 23.1 Å². The summed E-state index contributed by atoms with van der Waals surface area (Å²) in [5.41, 5.74) is 2.15. The van der Waals surface area contributed by atoms with Crippen LogP contribution >= 0.6 is 23.4 Å². The Hall–Kier alpha value is -1.54. The monoisotopic (exact) mass is 413 g/mol. The third-order valence-electron chi connectivity index (χ3n) is 3.48. The maximum absolute atomic E-state index is 12.1. The van der Waals surface area contributed by atoms with Gasteiger partial charge in [-0.15, -0.1) is 0 Å². The van der Waals surface area contributed by atoms with Crippen LogP contribution in [-0.4, -0.2) is 33.8 Å². The molecule has 0 aromatic heterocycles. The molecule has 0 spiro atoms. The number of carbonyl (C=O) groups is 1. The fourth-order valence-corrected chi connectivity index (χ4v) is 4.39. The van der Waals surface area contributed by atoms with Crippen LogP contribution in [0.25, 0.3) is 0 Å². The summed E-state index contributed by atoms with van der Waals surface area (Å²) in [6.07, 6.45) is 0. The summed E-state index contributed by atoms with van der Waals surface area (Å²) in [5.74, 6) is 0.892. The normalized spacial score (nSPS) is 11.3. The van der Waals surface area contributed by atoms with E-state index in [2.05, 4.69) is 9.46 Å². The van der Waals surface area contributed by atoms with Crippen molar-refractivity contribution in [3.05, 3.63) is 70.2 Å². The van der Waals surface area contributed by atoms with E-state index in [1.807, 2.05) is 24.3 Å². The van der Waals surface area contributed by atoms with Gasteiger partial charge in [0.1, 0.15) is 0 Å². The Morgan fingerprint density at radius 3 is 2.31 bits per heavy atom. The Morgan fingerprint density at radius 2 is 1.69 bits per heavy atom. The van der Waals surface area contributed by atoms with E-state index >= 15 is 0 Å². The molecule has 0 saturated heterocycles. The van der Waals surface area contributed by atoms with Gasteiger partial charge in [0.05, 0.1) is 18.4 Å². The maximum Gasteiger partial charge on any atom is 0.337 e. The van der Waals surface area contributed by atoms with E-state index in [9.17, 15) is 13.2 Å². The van der Waals surface area contributed by atoms with E-state index < -0.39 is 16.0 Å². The first-order valence-electron chi connectivity index (χ1n) is 7.86. The predicted octanol–water partition coefficient (Wildman–Crippen LogP) is 3.48. The highest BCUT2D eigenvalue weighted by Gasteiger charge is 2.12. The van der Waals surface area contributed by atoms with Crippen LogP contribution in [0.4, 0.5) is 0 Å². The third kappa shape index (κ3) is 6.99. The van der Waals surface area contributed by atoms with Crippen LogP contribution in [0.1, 0.15) is 21.5 Å². The smallest absolute Gasteiger partial charge is 0.337 e. The lowest BCUT2D eigenvalue weighted by Gasteiger charge is -2.07. The van der Waals surface area contributed by atoms with Crippen molar-refractivity contribution >= 4 is 39.4 Å². The Morgan fingerprint density at radius 1 is 1.08 bits per heavy atom. The van der Waals surface area contributed by atoms with Gasteiger partial charge in [-0.05, 0) is 35.4 Å². The van der Waals surface area contributed by atoms with Crippen LogP contribution in [0.5, 0.6) is 0 Å². The standard InChI is InChI=1S/C18H20ClNO4S2/c1-24-18(21)16-6-2-15(3-7-16)13-26(22,23)20-10-11-25-12-14-4-8-17(19)9-5-14/h2-9,20H,10-13H2,1H3. The molecule has 0 aliphatic carbocycles. The molecule has 0 unspecified atom stereocenters. The first-order chi connectivity index (χ1) is 12.4. The van der Waals surface area contributed by atoms with E-state index in [1.165, 1.54) is 7.11 Å². The number of hydrogen-bond acceptors (Lipinski definition) is 5. The number of ether oxygens (including phenoxy) is 1. The highest BCUT2D eigenvalue weighted by atomic mass is 35.5. The van der Waals surface area contributed by atoms with Gasteiger partial charge in [-0.2, -0.15) is 11.8 Å². The zero-order valence-electron chi connectivity index (χ0n) is 14.3. The number of hydrogen-bond donors (Lipinski definition) is 1. The topological polar surface area (TPSA) is 72.5 Å². The summed E-state index contributed by atoms with van der Waals surface area (Å²) >= 11 is 7.48. The molecule has 1 N–H and O–H groups in total. The lowest BCUT2D eigenvalue weighted by atomic mass is 10.1. The summed E-state index contributed by atoms with van der Waals surface area (Å²) < 4.78 is 31.4. The fourth-order valence-electron chi connectivity index (χ4n) is 2.17. The lowest BCUT2D eigenvalue weighted by molar-refractivity contribution is 0.0600.